The lowest BCUT2D eigenvalue weighted by Gasteiger charge is -2.19. The lowest BCUT2D eigenvalue weighted by molar-refractivity contribution is 0.439. The molecule has 0 saturated heterocycles. The van der Waals surface area contributed by atoms with Crippen LogP contribution in [0.3, 0.4) is 0 Å². The third-order valence-electron chi connectivity index (χ3n) is 2.65. The summed E-state index contributed by atoms with van der Waals surface area (Å²) in [4.78, 5) is 0.133. The van der Waals surface area contributed by atoms with Gasteiger partial charge in [-0.2, -0.15) is 9.57 Å². The van der Waals surface area contributed by atoms with Gasteiger partial charge in [-0.05, 0) is 19.1 Å². The third-order valence-corrected chi connectivity index (χ3v) is 4.53. The summed E-state index contributed by atoms with van der Waals surface area (Å²) in [6.45, 7) is 1.97. The predicted molar refractivity (Wildman–Crippen MR) is 77.0 cm³/mol. The van der Waals surface area contributed by atoms with Crippen LogP contribution in [0.4, 0.5) is 0 Å². The number of sulfonamides is 1. The molecule has 1 unspecified atom stereocenters. The molecule has 6 heteroatoms. The number of nitrogens with two attached hydrogens (primary N) is 1. The van der Waals surface area contributed by atoms with E-state index in [0.717, 1.165) is 0 Å². The zero-order valence-corrected chi connectivity index (χ0v) is 12.3. The Morgan fingerprint density at radius 1 is 1.40 bits per heavy atom. The fourth-order valence-electron chi connectivity index (χ4n) is 1.63. The number of rotatable bonds is 4. The predicted octanol–water partition coefficient (Wildman–Crippen LogP) is 0.777. The van der Waals surface area contributed by atoms with Crippen LogP contribution in [0.1, 0.15) is 12.5 Å². The van der Waals surface area contributed by atoms with E-state index in [2.05, 4.69) is 11.8 Å². The van der Waals surface area contributed by atoms with Crippen LogP contribution in [-0.4, -0.2) is 32.9 Å². The monoisotopic (exact) mass is 291 g/mol. The first-order chi connectivity index (χ1) is 9.43. The van der Waals surface area contributed by atoms with Gasteiger partial charge in [0.25, 0.3) is 0 Å². The Morgan fingerprint density at radius 3 is 2.65 bits per heavy atom. The highest BCUT2D eigenvalue weighted by molar-refractivity contribution is 7.89. The molecule has 1 aromatic rings. The topological polar surface area (TPSA) is 87.2 Å². The maximum absolute atomic E-state index is 12.5. The molecule has 1 aromatic carbocycles. The minimum atomic E-state index is -3.67. The van der Waals surface area contributed by atoms with Gasteiger partial charge >= 0.3 is 0 Å². The lowest BCUT2D eigenvalue weighted by atomic mass is 10.2. The summed E-state index contributed by atoms with van der Waals surface area (Å²) >= 11 is 0. The van der Waals surface area contributed by atoms with Crippen molar-refractivity contribution in [1.29, 1.82) is 5.26 Å². The summed E-state index contributed by atoms with van der Waals surface area (Å²) in [5, 5.41) is 8.78. The first-order valence-electron chi connectivity index (χ1n) is 6.07. The number of benzene rings is 1. The largest absolute Gasteiger partial charge is 0.320 e. The number of hydrogen-bond donors (Lipinski definition) is 1. The van der Waals surface area contributed by atoms with Crippen molar-refractivity contribution in [3.05, 3.63) is 29.8 Å². The molecule has 0 amide bonds. The molecular weight excluding hydrogens is 274 g/mol. The van der Waals surface area contributed by atoms with Gasteiger partial charge in [0, 0.05) is 19.2 Å². The third kappa shape index (κ3) is 3.82. The second kappa shape index (κ2) is 7.06. The van der Waals surface area contributed by atoms with Crippen molar-refractivity contribution in [1.82, 2.24) is 4.31 Å². The van der Waals surface area contributed by atoms with E-state index in [1.54, 1.807) is 25.1 Å². The molecule has 0 saturated carbocycles. The summed E-state index contributed by atoms with van der Waals surface area (Å²) in [5.74, 6) is 5.03. The van der Waals surface area contributed by atoms with E-state index in [0.29, 0.717) is 5.56 Å². The maximum atomic E-state index is 12.5. The van der Waals surface area contributed by atoms with Crippen molar-refractivity contribution in [2.45, 2.75) is 11.8 Å². The Kier molecular flexibility index (Phi) is 5.72. The first kappa shape index (κ1) is 16.2. The number of nitriles is 1. The van der Waals surface area contributed by atoms with E-state index in [4.69, 9.17) is 11.0 Å². The average Bonchev–Trinajstić information content (AvgIpc) is 2.45. The molecule has 1 rings (SSSR count). The molecule has 1 atom stereocenters. The summed E-state index contributed by atoms with van der Waals surface area (Å²) < 4.78 is 26.1. The fourth-order valence-corrected chi connectivity index (χ4v) is 3.04. The van der Waals surface area contributed by atoms with Gasteiger partial charge in [-0.3, -0.25) is 0 Å². The van der Waals surface area contributed by atoms with E-state index in [-0.39, 0.29) is 23.9 Å². The second-order valence-electron chi connectivity index (χ2n) is 4.32. The molecule has 0 spiro atoms. The van der Waals surface area contributed by atoms with Crippen LogP contribution >= 0.6 is 0 Å². The molecule has 0 heterocycles. The van der Waals surface area contributed by atoms with Crippen LogP contribution in [-0.2, 0) is 10.0 Å². The Morgan fingerprint density at radius 2 is 2.05 bits per heavy atom. The highest BCUT2D eigenvalue weighted by Gasteiger charge is 2.24. The molecule has 106 valence electrons. The van der Waals surface area contributed by atoms with Gasteiger partial charge in [0.1, 0.15) is 0 Å². The van der Waals surface area contributed by atoms with Crippen molar-refractivity contribution in [2.75, 3.05) is 20.1 Å². The second-order valence-corrected chi connectivity index (χ2v) is 6.33. The van der Waals surface area contributed by atoms with Gasteiger partial charge in [-0.25, -0.2) is 8.42 Å². The molecule has 0 radical (unpaired) electrons. The van der Waals surface area contributed by atoms with Crippen LogP contribution in [0.2, 0.25) is 0 Å². The Labute approximate surface area is 120 Å². The van der Waals surface area contributed by atoms with Crippen molar-refractivity contribution in [3.8, 4) is 17.9 Å². The first-order valence-corrected chi connectivity index (χ1v) is 7.51. The van der Waals surface area contributed by atoms with E-state index >= 15 is 0 Å². The van der Waals surface area contributed by atoms with E-state index in [1.165, 1.54) is 17.4 Å². The van der Waals surface area contributed by atoms with E-state index in [9.17, 15) is 8.42 Å². The summed E-state index contributed by atoms with van der Waals surface area (Å²) in [5.41, 5.74) is 5.72. The van der Waals surface area contributed by atoms with Gasteiger partial charge < -0.3 is 5.73 Å². The van der Waals surface area contributed by atoms with Gasteiger partial charge in [-0.15, -0.1) is 0 Å². The molecule has 5 nitrogen and oxygen atoms in total. The van der Waals surface area contributed by atoms with Gasteiger partial charge in [-0.1, -0.05) is 24.0 Å². The highest BCUT2D eigenvalue weighted by Crippen LogP contribution is 2.19. The number of nitrogens with zero attached hydrogens (tertiary/aromatic N) is 2. The quantitative estimate of drug-likeness (QED) is 0.830. The number of hydrogen-bond acceptors (Lipinski definition) is 4. The maximum Gasteiger partial charge on any atom is 0.244 e. The molecule has 0 aliphatic carbocycles. The van der Waals surface area contributed by atoms with Crippen molar-refractivity contribution < 1.29 is 8.42 Å². The van der Waals surface area contributed by atoms with Gasteiger partial charge in [0.05, 0.1) is 23.4 Å². The minimum Gasteiger partial charge on any atom is -0.320 e. The van der Waals surface area contributed by atoms with E-state index in [1.807, 2.05) is 6.07 Å². The molecule has 0 aromatic heterocycles. The zero-order valence-electron chi connectivity index (χ0n) is 11.5. The van der Waals surface area contributed by atoms with Crippen LogP contribution in [0.5, 0.6) is 0 Å². The minimum absolute atomic E-state index is 0.133. The van der Waals surface area contributed by atoms with Crippen molar-refractivity contribution in [2.24, 2.45) is 11.7 Å². The van der Waals surface area contributed by atoms with Gasteiger partial charge in [0.2, 0.25) is 10.0 Å². The molecule has 0 aliphatic heterocycles. The summed E-state index contributed by atoms with van der Waals surface area (Å²) in [7, 11) is -2.21. The Hall–Kier alpha value is -1.86. The normalized spacial score (nSPS) is 12.3. The standard InChI is InChI=1S/C14H17N3O2S/c1-12(10-16)11-17(2)20(18,19)14-8-4-3-6-13(14)7-5-9-15/h3-4,6,8,12H,9,11,15H2,1-2H3. The van der Waals surface area contributed by atoms with Crippen LogP contribution in [0.15, 0.2) is 29.2 Å². The fraction of sp³-hybridized carbons (Fsp3) is 0.357. The van der Waals surface area contributed by atoms with Gasteiger partial charge in [0.15, 0.2) is 0 Å². The van der Waals surface area contributed by atoms with Crippen molar-refractivity contribution in [3.63, 3.8) is 0 Å². The molecule has 0 aliphatic rings. The average molecular weight is 291 g/mol. The Bertz CT molecular complexity index is 666. The van der Waals surface area contributed by atoms with Crippen LogP contribution in [0, 0.1) is 29.1 Å². The van der Waals surface area contributed by atoms with Crippen LogP contribution in [0.25, 0.3) is 0 Å². The highest BCUT2D eigenvalue weighted by atomic mass is 32.2. The smallest absolute Gasteiger partial charge is 0.244 e. The molecule has 0 fully saturated rings. The van der Waals surface area contributed by atoms with Crippen molar-refractivity contribution >= 4 is 10.0 Å². The summed E-state index contributed by atoms with van der Waals surface area (Å²) in [6.07, 6.45) is 0. The molecule has 20 heavy (non-hydrogen) atoms. The lowest BCUT2D eigenvalue weighted by Crippen LogP contribution is -2.31. The Balaban J connectivity index is 3.19. The zero-order chi connectivity index (χ0) is 15.2. The van der Waals surface area contributed by atoms with Crippen LogP contribution < -0.4 is 5.73 Å². The molecule has 2 N–H and O–H groups in total. The summed E-state index contributed by atoms with van der Waals surface area (Å²) in [6, 6.07) is 8.52. The van der Waals surface area contributed by atoms with E-state index < -0.39 is 10.0 Å². The molecule has 0 bridgehead atoms. The SMILES string of the molecule is CC(C#N)CN(C)S(=O)(=O)c1ccccc1C#CCN. The molecular formula is C14H17N3O2S.